The molecule has 0 spiro atoms. The molecule has 2 rings (SSSR count). The average molecular weight is 211 g/mol. The van der Waals surface area contributed by atoms with E-state index in [1.807, 2.05) is 12.1 Å². The Kier molecular flexibility index (Phi) is 2.66. The molecule has 1 atom stereocenters. The normalized spacial score (nSPS) is 21.6. The Morgan fingerprint density at radius 2 is 2.29 bits per heavy atom. The molecule has 0 aliphatic carbocycles. The molecular weight excluding hydrogens is 196 g/mol. The highest BCUT2D eigenvalue weighted by atomic mass is 35.5. The van der Waals surface area contributed by atoms with E-state index in [-0.39, 0.29) is 0 Å². The van der Waals surface area contributed by atoms with Crippen molar-refractivity contribution in [2.24, 2.45) is 5.73 Å². The summed E-state index contributed by atoms with van der Waals surface area (Å²) in [6, 6.07) is 6.32. The molecule has 1 saturated heterocycles. The van der Waals surface area contributed by atoms with Crippen LogP contribution < -0.4 is 10.6 Å². The Morgan fingerprint density at radius 1 is 1.50 bits per heavy atom. The Bertz CT molecular complexity index is 338. The average Bonchev–Trinajstić information content (AvgIpc) is 2.56. The van der Waals surface area contributed by atoms with Crippen LogP contribution in [0.2, 0.25) is 5.02 Å². The van der Waals surface area contributed by atoms with Gasteiger partial charge in [-0.1, -0.05) is 17.7 Å². The van der Waals surface area contributed by atoms with Crippen LogP contribution in [0.5, 0.6) is 0 Å². The maximum absolute atomic E-state index is 5.97. The maximum Gasteiger partial charge on any atom is 0.0426 e. The molecule has 0 aromatic heterocycles. The van der Waals surface area contributed by atoms with Crippen molar-refractivity contribution in [2.45, 2.75) is 19.4 Å². The highest BCUT2D eigenvalue weighted by Gasteiger charge is 2.20. The first-order valence-electron chi connectivity index (χ1n) is 4.93. The third-order valence-electron chi connectivity index (χ3n) is 2.74. The van der Waals surface area contributed by atoms with Gasteiger partial charge in [0.15, 0.2) is 0 Å². The van der Waals surface area contributed by atoms with Crippen LogP contribution in [0.4, 0.5) is 5.69 Å². The molecule has 2 N–H and O–H groups in total. The minimum absolute atomic E-state index is 0.313. The Balaban J connectivity index is 2.27. The molecule has 1 aliphatic rings. The fourth-order valence-corrected chi connectivity index (χ4v) is 2.10. The predicted molar refractivity (Wildman–Crippen MR) is 61.0 cm³/mol. The number of aryl methyl sites for hydroxylation is 1. The van der Waals surface area contributed by atoms with Crippen molar-refractivity contribution < 1.29 is 0 Å². The first-order valence-corrected chi connectivity index (χ1v) is 5.31. The van der Waals surface area contributed by atoms with Crippen LogP contribution in [0, 0.1) is 6.92 Å². The van der Waals surface area contributed by atoms with Crippen LogP contribution in [-0.2, 0) is 0 Å². The second-order valence-electron chi connectivity index (χ2n) is 3.93. The molecule has 3 heteroatoms. The quantitative estimate of drug-likeness (QED) is 0.770. The van der Waals surface area contributed by atoms with Gasteiger partial charge >= 0.3 is 0 Å². The third kappa shape index (κ3) is 1.86. The molecule has 0 amide bonds. The highest BCUT2D eigenvalue weighted by Crippen LogP contribution is 2.26. The number of nitrogens with zero attached hydrogens (tertiary/aromatic N) is 1. The van der Waals surface area contributed by atoms with Crippen molar-refractivity contribution in [1.82, 2.24) is 0 Å². The van der Waals surface area contributed by atoms with Crippen LogP contribution in [0.3, 0.4) is 0 Å². The van der Waals surface area contributed by atoms with E-state index >= 15 is 0 Å². The molecule has 1 aromatic rings. The zero-order valence-corrected chi connectivity index (χ0v) is 9.09. The standard InChI is InChI=1S/C11H15ClN2/c1-8-2-3-9(12)6-11(8)14-5-4-10(13)7-14/h2-3,6,10H,4-5,7,13H2,1H3. The molecule has 2 nitrogen and oxygen atoms in total. The molecular formula is C11H15ClN2. The van der Waals surface area contributed by atoms with Crippen LogP contribution in [0.25, 0.3) is 0 Å². The van der Waals surface area contributed by atoms with Gasteiger partial charge in [-0.15, -0.1) is 0 Å². The number of halogens is 1. The van der Waals surface area contributed by atoms with Crippen molar-refractivity contribution in [3.8, 4) is 0 Å². The summed E-state index contributed by atoms with van der Waals surface area (Å²) in [5.74, 6) is 0. The van der Waals surface area contributed by atoms with Crippen LogP contribution in [0.1, 0.15) is 12.0 Å². The first kappa shape index (κ1) is 9.81. The zero-order valence-electron chi connectivity index (χ0n) is 8.33. The van der Waals surface area contributed by atoms with Crippen molar-refractivity contribution in [3.63, 3.8) is 0 Å². The van der Waals surface area contributed by atoms with Gasteiger partial charge in [-0.25, -0.2) is 0 Å². The van der Waals surface area contributed by atoms with Gasteiger partial charge in [0.2, 0.25) is 0 Å². The lowest BCUT2D eigenvalue weighted by Crippen LogP contribution is -2.26. The van der Waals surface area contributed by atoms with Crippen molar-refractivity contribution >= 4 is 17.3 Å². The summed E-state index contributed by atoms with van der Waals surface area (Å²) >= 11 is 5.97. The summed E-state index contributed by atoms with van der Waals surface area (Å²) < 4.78 is 0. The second kappa shape index (κ2) is 3.79. The van der Waals surface area contributed by atoms with E-state index < -0.39 is 0 Å². The molecule has 76 valence electrons. The van der Waals surface area contributed by atoms with E-state index in [0.29, 0.717) is 6.04 Å². The molecule has 1 aliphatic heterocycles. The molecule has 1 fully saturated rings. The lowest BCUT2D eigenvalue weighted by Gasteiger charge is -2.20. The van der Waals surface area contributed by atoms with Crippen LogP contribution in [-0.4, -0.2) is 19.1 Å². The Labute approximate surface area is 89.7 Å². The molecule has 1 heterocycles. The first-order chi connectivity index (χ1) is 6.66. The molecule has 14 heavy (non-hydrogen) atoms. The highest BCUT2D eigenvalue weighted by molar-refractivity contribution is 6.30. The number of nitrogens with two attached hydrogens (primary N) is 1. The molecule has 0 bridgehead atoms. The van der Waals surface area contributed by atoms with E-state index in [0.717, 1.165) is 24.5 Å². The Morgan fingerprint density at radius 3 is 2.93 bits per heavy atom. The number of rotatable bonds is 1. The lowest BCUT2D eigenvalue weighted by molar-refractivity contribution is 0.752. The fourth-order valence-electron chi connectivity index (χ4n) is 1.93. The van der Waals surface area contributed by atoms with Gasteiger partial charge < -0.3 is 10.6 Å². The summed E-state index contributed by atoms with van der Waals surface area (Å²) in [6.07, 6.45) is 1.08. The maximum atomic E-state index is 5.97. The van der Waals surface area contributed by atoms with Gasteiger partial charge in [-0.3, -0.25) is 0 Å². The summed E-state index contributed by atoms with van der Waals surface area (Å²) in [6.45, 7) is 4.10. The van der Waals surface area contributed by atoms with Gasteiger partial charge in [0.25, 0.3) is 0 Å². The number of benzene rings is 1. The van der Waals surface area contributed by atoms with Gasteiger partial charge in [0.05, 0.1) is 0 Å². The van der Waals surface area contributed by atoms with Crippen molar-refractivity contribution in [3.05, 3.63) is 28.8 Å². The van der Waals surface area contributed by atoms with E-state index in [4.69, 9.17) is 17.3 Å². The second-order valence-corrected chi connectivity index (χ2v) is 4.36. The van der Waals surface area contributed by atoms with Gasteiger partial charge in [0, 0.05) is 29.8 Å². The minimum atomic E-state index is 0.313. The number of anilines is 1. The van der Waals surface area contributed by atoms with Gasteiger partial charge in [-0.05, 0) is 31.0 Å². The molecule has 0 saturated carbocycles. The summed E-state index contributed by atoms with van der Waals surface area (Å²) in [7, 11) is 0. The molecule has 1 unspecified atom stereocenters. The van der Waals surface area contributed by atoms with E-state index in [2.05, 4.69) is 17.9 Å². The SMILES string of the molecule is Cc1ccc(Cl)cc1N1CCC(N)C1. The third-order valence-corrected chi connectivity index (χ3v) is 2.97. The monoisotopic (exact) mass is 210 g/mol. The van der Waals surface area contributed by atoms with Crippen LogP contribution in [0.15, 0.2) is 18.2 Å². The zero-order chi connectivity index (χ0) is 10.1. The van der Waals surface area contributed by atoms with Crippen LogP contribution >= 0.6 is 11.6 Å². The van der Waals surface area contributed by atoms with Gasteiger partial charge in [0.1, 0.15) is 0 Å². The summed E-state index contributed by atoms with van der Waals surface area (Å²) in [5.41, 5.74) is 8.37. The van der Waals surface area contributed by atoms with E-state index in [1.54, 1.807) is 0 Å². The lowest BCUT2D eigenvalue weighted by atomic mass is 10.2. The fraction of sp³-hybridized carbons (Fsp3) is 0.455. The molecule has 1 aromatic carbocycles. The van der Waals surface area contributed by atoms with Gasteiger partial charge in [-0.2, -0.15) is 0 Å². The van der Waals surface area contributed by atoms with Crippen molar-refractivity contribution in [1.29, 1.82) is 0 Å². The largest absolute Gasteiger partial charge is 0.370 e. The van der Waals surface area contributed by atoms with Crippen molar-refractivity contribution in [2.75, 3.05) is 18.0 Å². The predicted octanol–water partition coefficient (Wildman–Crippen LogP) is 2.19. The number of hydrogen-bond donors (Lipinski definition) is 1. The Hall–Kier alpha value is -0.730. The summed E-state index contributed by atoms with van der Waals surface area (Å²) in [4.78, 5) is 2.31. The molecule has 0 radical (unpaired) electrons. The van der Waals surface area contributed by atoms with E-state index in [9.17, 15) is 0 Å². The smallest absolute Gasteiger partial charge is 0.0426 e. The van der Waals surface area contributed by atoms with E-state index in [1.165, 1.54) is 11.3 Å². The summed E-state index contributed by atoms with van der Waals surface area (Å²) in [5, 5.41) is 0.797. The number of hydrogen-bond acceptors (Lipinski definition) is 2. The minimum Gasteiger partial charge on any atom is -0.370 e. The topological polar surface area (TPSA) is 29.3 Å².